The van der Waals surface area contributed by atoms with E-state index < -0.39 is 10.8 Å². The average Bonchev–Trinajstić information content (AvgIpc) is 2.30. The molecule has 0 heterocycles. The van der Waals surface area contributed by atoms with E-state index in [2.05, 4.69) is 9.99 Å². The molecule has 94 valence electrons. The molecule has 5 heteroatoms. The third kappa shape index (κ3) is 4.56. The first-order chi connectivity index (χ1) is 8.17. The lowest BCUT2D eigenvalue weighted by Gasteiger charge is -2.06. The molecule has 0 radical (unpaired) electrons. The fourth-order valence-corrected chi connectivity index (χ4v) is 2.21. The Kier molecular flexibility index (Phi) is 5.69. The Balaban J connectivity index is 2.70. The van der Waals surface area contributed by atoms with E-state index in [0.29, 0.717) is 12.5 Å². The fourth-order valence-electron chi connectivity index (χ4n) is 1.25. The fraction of sp³-hybridized carbons (Fsp3) is 0.417. The van der Waals surface area contributed by atoms with E-state index in [-0.39, 0.29) is 5.75 Å². The predicted molar refractivity (Wildman–Crippen MR) is 68.5 cm³/mol. The summed E-state index contributed by atoms with van der Waals surface area (Å²) in [6, 6.07) is 7.56. The summed E-state index contributed by atoms with van der Waals surface area (Å²) in [4.78, 5) is 5.40. The number of hydrogen-bond donors (Lipinski definition) is 0. The first-order valence-corrected chi connectivity index (χ1v) is 6.67. The van der Waals surface area contributed by atoms with Crippen LogP contribution in [0, 0.1) is 6.92 Å². The molecular formula is C12H17NO3S. The van der Waals surface area contributed by atoms with Gasteiger partial charge in [-0.05, 0) is 26.0 Å². The van der Waals surface area contributed by atoms with E-state index in [1.807, 2.05) is 38.1 Å². The molecule has 0 amide bonds. The minimum atomic E-state index is -1.16. The van der Waals surface area contributed by atoms with E-state index in [0.717, 1.165) is 10.5 Å². The zero-order chi connectivity index (χ0) is 12.7. The Morgan fingerprint density at radius 2 is 2.00 bits per heavy atom. The average molecular weight is 255 g/mol. The van der Waals surface area contributed by atoms with Gasteiger partial charge < -0.3 is 9.57 Å². The maximum atomic E-state index is 12.0. The molecule has 0 spiro atoms. The van der Waals surface area contributed by atoms with Gasteiger partial charge in [0.05, 0.1) is 17.4 Å². The molecule has 1 aromatic rings. The van der Waals surface area contributed by atoms with E-state index >= 15 is 0 Å². The molecule has 0 N–H and O–H groups in total. The molecule has 0 bridgehead atoms. The number of hydrogen-bond acceptors (Lipinski definition) is 4. The van der Waals surface area contributed by atoms with Gasteiger partial charge in [0.2, 0.25) is 5.90 Å². The zero-order valence-electron chi connectivity index (χ0n) is 10.3. The van der Waals surface area contributed by atoms with E-state index in [4.69, 9.17) is 4.74 Å². The lowest BCUT2D eigenvalue weighted by molar-refractivity contribution is 0.192. The van der Waals surface area contributed by atoms with Crippen molar-refractivity contribution in [2.24, 2.45) is 5.16 Å². The maximum absolute atomic E-state index is 12.0. The first kappa shape index (κ1) is 13.7. The highest BCUT2D eigenvalue weighted by Gasteiger charge is 2.10. The number of rotatable bonds is 5. The molecule has 0 aliphatic carbocycles. The van der Waals surface area contributed by atoms with Crippen molar-refractivity contribution in [2.45, 2.75) is 18.7 Å². The van der Waals surface area contributed by atoms with Crippen LogP contribution in [0.2, 0.25) is 0 Å². The monoisotopic (exact) mass is 255 g/mol. The summed E-state index contributed by atoms with van der Waals surface area (Å²) >= 11 is 0. The van der Waals surface area contributed by atoms with Crippen LogP contribution in [0.1, 0.15) is 12.5 Å². The molecule has 0 aliphatic rings. The van der Waals surface area contributed by atoms with Crippen LogP contribution in [0.4, 0.5) is 0 Å². The van der Waals surface area contributed by atoms with Crippen molar-refractivity contribution in [3.63, 3.8) is 0 Å². The standard InChI is InChI=1S/C12H17NO3S/c1-4-16-12(13-15-3)9-17(14)11-7-5-10(2)6-8-11/h5-8H,4,9H2,1-3H3/b13-12+. The summed E-state index contributed by atoms with van der Waals surface area (Å²) in [6.45, 7) is 4.32. The number of nitrogens with zero attached hydrogens (tertiary/aromatic N) is 1. The molecule has 4 nitrogen and oxygen atoms in total. The largest absolute Gasteiger partial charge is 0.478 e. The summed E-state index contributed by atoms with van der Waals surface area (Å²) in [7, 11) is 0.278. The van der Waals surface area contributed by atoms with Gasteiger partial charge in [0.1, 0.15) is 12.9 Å². The van der Waals surface area contributed by atoms with Crippen molar-refractivity contribution in [2.75, 3.05) is 19.5 Å². The molecule has 1 rings (SSSR count). The lowest BCUT2D eigenvalue weighted by atomic mass is 10.2. The number of aryl methyl sites for hydroxylation is 1. The Hall–Kier alpha value is -1.36. The van der Waals surface area contributed by atoms with Crippen molar-refractivity contribution >= 4 is 16.7 Å². The van der Waals surface area contributed by atoms with Crippen LogP contribution >= 0.6 is 0 Å². The quantitative estimate of drug-likeness (QED) is 0.460. The second-order valence-corrected chi connectivity index (χ2v) is 4.85. The Labute approximate surface area is 104 Å². The van der Waals surface area contributed by atoms with Gasteiger partial charge in [-0.2, -0.15) is 0 Å². The molecule has 1 aromatic carbocycles. The molecule has 17 heavy (non-hydrogen) atoms. The van der Waals surface area contributed by atoms with Crippen molar-refractivity contribution < 1.29 is 13.8 Å². The highest BCUT2D eigenvalue weighted by molar-refractivity contribution is 7.85. The van der Waals surface area contributed by atoms with Gasteiger partial charge in [-0.25, -0.2) is 0 Å². The molecule has 0 fully saturated rings. The Bertz CT molecular complexity index is 401. The number of ether oxygens (including phenoxy) is 1. The molecular weight excluding hydrogens is 238 g/mol. The van der Waals surface area contributed by atoms with Gasteiger partial charge >= 0.3 is 0 Å². The zero-order valence-corrected chi connectivity index (χ0v) is 11.1. The third-order valence-corrected chi connectivity index (χ3v) is 3.35. The van der Waals surface area contributed by atoms with Gasteiger partial charge in [0.15, 0.2) is 0 Å². The van der Waals surface area contributed by atoms with Gasteiger partial charge in [0, 0.05) is 4.90 Å². The molecule has 0 aromatic heterocycles. The van der Waals surface area contributed by atoms with E-state index in [1.165, 1.54) is 7.11 Å². The van der Waals surface area contributed by atoms with Gasteiger partial charge in [0.25, 0.3) is 0 Å². The van der Waals surface area contributed by atoms with Crippen LogP contribution in [-0.2, 0) is 20.4 Å². The van der Waals surface area contributed by atoms with E-state index in [1.54, 1.807) is 0 Å². The second kappa shape index (κ2) is 7.06. The van der Waals surface area contributed by atoms with Crippen LogP contribution < -0.4 is 0 Å². The normalized spacial score (nSPS) is 13.2. The molecule has 1 atom stereocenters. The van der Waals surface area contributed by atoms with Crippen LogP contribution in [0.25, 0.3) is 0 Å². The topological polar surface area (TPSA) is 47.9 Å². The van der Waals surface area contributed by atoms with Crippen molar-refractivity contribution in [3.05, 3.63) is 29.8 Å². The highest BCUT2D eigenvalue weighted by atomic mass is 32.2. The molecule has 0 aliphatic heterocycles. The first-order valence-electron chi connectivity index (χ1n) is 5.35. The molecule has 0 saturated heterocycles. The number of benzene rings is 1. The van der Waals surface area contributed by atoms with Crippen LogP contribution in [0.15, 0.2) is 34.3 Å². The van der Waals surface area contributed by atoms with Gasteiger partial charge in [-0.15, -0.1) is 0 Å². The summed E-state index contributed by atoms with van der Waals surface area (Å²) in [5, 5.41) is 3.70. The van der Waals surface area contributed by atoms with Crippen molar-refractivity contribution in [1.29, 1.82) is 0 Å². The van der Waals surface area contributed by atoms with Crippen molar-refractivity contribution in [1.82, 2.24) is 0 Å². The summed E-state index contributed by atoms with van der Waals surface area (Å²) in [5.41, 5.74) is 1.14. The van der Waals surface area contributed by atoms with Gasteiger partial charge in [-0.1, -0.05) is 22.9 Å². The van der Waals surface area contributed by atoms with E-state index in [9.17, 15) is 4.21 Å². The van der Waals surface area contributed by atoms with Crippen LogP contribution in [-0.4, -0.2) is 29.6 Å². The molecule has 0 saturated carbocycles. The minimum absolute atomic E-state index is 0.227. The maximum Gasteiger partial charge on any atom is 0.238 e. The summed E-state index contributed by atoms with van der Waals surface area (Å²) < 4.78 is 17.2. The summed E-state index contributed by atoms with van der Waals surface area (Å²) in [6.07, 6.45) is 0. The summed E-state index contributed by atoms with van der Waals surface area (Å²) in [5.74, 6) is 0.582. The lowest BCUT2D eigenvalue weighted by Crippen LogP contribution is -2.15. The molecule has 1 unspecified atom stereocenters. The Morgan fingerprint density at radius 1 is 1.35 bits per heavy atom. The minimum Gasteiger partial charge on any atom is -0.478 e. The predicted octanol–water partition coefficient (Wildman–Crippen LogP) is 2.10. The third-order valence-electron chi connectivity index (χ3n) is 2.04. The number of oxime groups is 1. The highest BCUT2D eigenvalue weighted by Crippen LogP contribution is 2.09. The van der Waals surface area contributed by atoms with Crippen molar-refractivity contribution in [3.8, 4) is 0 Å². The Morgan fingerprint density at radius 3 is 2.53 bits per heavy atom. The van der Waals surface area contributed by atoms with Crippen LogP contribution in [0.3, 0.4) is 0 Å². The van der Waals surface area contributed by atoms with Crippen LogP contribution in [0.5, 0.6) is 0 Å². The van der Waals surface area contributed by atoms with Gasteiger partial charge in [-0.3, -0.25) is 4.21 Å². The SMILES string of the molecule is CCO/C(CS(=O)c1ccc(C)cc1)=N/OC. The smallest absolute Gasteiger partial charge is 0.238 e. The second-order valence-electron chi connectivity index (χ2n) is 3.40.